The van der Waals surface area contributed by atoms with Gasteiger partial charge in [0.1, 0.15) is 11.8 Å². The van der Waals surface area contributed by atoms with Gasteiger partial charge >= 0.3 is 0 Å². The number of hydroxylamine groups is 2. The summed E-state index contributed by atoms with van der Waals surface area (Å²) in [7, 11) is 4.75. The molecular formula is C12H19N3O3. The quantitative estimate of drug-likeness (QED) is 0.607. The van der Waals surface area contributed by atoms with E-state index >= 15 is 0 Å². The second-order valence-corrected chi connectivity index (χ2v) is 3.85. The molecule has 1 amide bonds. The summed E-state index contributed by atoms with van der Waals surface area (Å²) in [6.45, 7) is 1.73. The Morgan fingerprint density at radius 3 is 2.61 bits per heavy atom. The topological polar surface area (TPSA) is 76.8 Å². The van der Waals surface area contributed by atoms with Crippen LogP contribution in [0.1, 0.15) is 6.92 Å². The monoisotopic (exact) mass is 253 g/mol. The van der Waals surface area contributed by atoms with Crippen LogP contribution in [0.15, 0.2) is 18.2 Å². The number of hydrogen-bond acceptors (Lipinski definition) is 5. The summed E-state index contributed by atoms with van der Waals surface area (Å²) in [6, 6.07) is 4.67. The highest BCUT2D eigenvalue weighted by Crippen LogP contribution is 2.24. The summed E-state index contributed by atoms with van der Waals surface area (Å²) < 4.78 is 5.04. The smallest absolute Gasteiger partial charge is 0.243 e. The molecule has 0 heterocycles. The molecule has 0 aromatic heterocycles. The maximum Gasteiger partial charge on any atom is 0.243 e. The molecule has 6 nitrogen and oxygen atoms in total. The third-order valence-electron chi connectivity index (χ3n) is 2.73. The van der Waals surface area contributed by atoms with Crippen LogP contribution in [0.3, 0.4) is 0 Å². The first-order valence-electron chi connectivity index (χ1n) is 5.51. The lowest BCUT2D eigenvalue weighted by atomic mass is 10.2. The predicted molar refractivity (Wildman–Crippen MR) is 70.3 cm³/mol. The van der Waals surface area contributed by atoms with E-state index in [4.69, 9.17) is 15.3 Å². The molecule has 1 aromatic carbocycles. The summed E-state index contributed by atoms with van der Waals surface area (Å²) in [5.41, 5.74) is 6.82. The van der Waals surface area contributed by atoms with E-state index in [1.165, 1.54) is 12.2 Å². The number of carbonyl (C=O) groups excluding carboxylic acids is 1. The average Bonchev–Trinajstić information content (AvgIpc) is 2.38. The molecule has 0 saturated heterocycles. The molecule has 0 aliphatic rings. The number of amides is 1. The summed E-state index contributed by atoms with van der Waals surface area (Å²) in [5.74, 6) is 0.448. The number of benzene rings is 1. The molecule has 0 radical (unpaired) electrons. The second-order valence-electron chi connectivity index (χ2n) is 3.85. The van der Waals surface area contributed by atoms with Gasteiger partial charge in [-0.2, -0.15) is 5.06 Å². The molecule has 0 saturated carbocycles. The van der Waals surface area contributed by atoms with E-state index in [1.807, 2.05) is 0 Å². The van der Waals surface area contributed by atoms with Crippen molar-refractivity contribution < 1.29 is 14.4 Å². The molecule has 18 heavy (non-hydrogen) atoms. The van der Waals surface area contributed by atoms with Gasteiger partial charge in [0, 0.05) is 13.1 Å². The van der Waals surface area contributed by atoms with Gasteiger partial charge in [-0.1, -0.05) is 0 Å². The van der Waals surface area contributed by atoms with Crippen molar-refractivity contribution in [3.8, 4) is 5.75 Å². The Hall–Kier alpha value is -1.79. The highest BCUT2D eigenvalue weighted by atomic mass is 16.7. The number of ether oxygens (including phenoxy) is 1. The van der Waals surface area contributed by atoms with Gasteiger partial charge in [0.05, 0.1) is 25.6 Å². The molecule has 0 aliphatic heterocycles. The van der Waals surface area contributed by atoms with Gasteiger partial charge in [-0.3, -0.25) is 4.79 Å². The van der Waals surface area contributed by atoms with Crippen LogP contribution in [-0.4, -0.2) is 38.3 Å². The van der Waals surface area contributed by atoms with Crippen LogP contribution in [0.25, 0.3) is 0 Å². The minimum atomic E-state index is -0.420. The van der Waals surface area contributed by atoms with Gasteiger partial charge in [-0.05, 0) is 19.1 Å². The van der Waals surface area contributed by atoms with E-state index < -0.39 is 6.04 Å². The van der Waals surface area contributed by atoms with Crippen molar-refractivity contribution in [2.75, 3.05) is 32.3 Å². The highest BCUT2D eigenvalue weighted by Gasteiger charge is 2.18. The number of methoxy groups -OCH3 is 1. The lowest BCUT2D eigenvalue weighted by Crippen LogP contribution is -2.38. The second kappa shape index (κ2) is 6.23. The van der Waals surface area contributed by atoms with Gasteiger partial charge in [0.2, 0.25) is 5.91 Å². The van der Waals surface area contributed by atoms with Gasteiger partial charge in [0.15, 0.2) is 0 Å². The summed E-state index contributed by atoms with van der Waals surface area (Å²) in [5, 5.41) is 4.19. The van der Waals surface area contributed by atoms with E-state index in [0.29, 0.717) is 17.1 Å². The van der Waals surface area contributed by atoms with Crippen LogP contribution in [0.2, 0.25) is 0 Å². The fourth-order valence-electron chi connectivity index (χ4n) is 1.34. The minimum absolute atomic E-state index is 0.198. The van der Waals surface area contributed by atoms with Crippen LogP contribution in [0.5, 0.6) is 5.75 Å². The lowest BCUT2D eigenvalue weighted by molar-refractivity contribution is -0.154. The summed E-state index contributed by atoms with van der Waals surface area (Å²) in [6.07, 6.45) is 0. The van der Waals surface area contributed by atoms with E-state index in [2.05, 4.69) is 5.32 Å². The van der Waals surface area contributed by atoms with Crippen LogP contribution < -0.4 is 15.8 Å². The van der Waals surface area contributed by atoms with Crippen molar-refractivity contribution in [2.45, 2.75) is 13.0 Å². The third-order valence-corrected chi connectivity index (χ3v) is 2.73. The SMILES string of the molecule is COc1ccc(NC(=O)C(C)N(C)OC)c(N)c1. The Balaban J connectivity index is 2.76. The van der Waals surface area contributed by atoms with Crippen molar-refractivity contribution >= 4 is 17.3 Å². The zero-order chi connectivity index (χ0) is 13.7. The molecule has 1 atom stereocenters. The van der Waals surface area contributed by atoms with Gasteiger partial charge in [-0.15, -0.1) is 0 Å². The molecule has 0 bridgehead atoms. The molecule has 1 aromatic rings. The zero-order valence-corrected chi connectivity index (χ0v) is 11.1. The Kier molecular flexibility index (Phi) is 4.94. The van der Waals surface area contributed by atoms with Crippen molar-refractivity contribution in [3.05, 3.63) is 18.2 Å². The molecule has 0 fully saturated rings. The molecular weight excluding hydrogens is 234 g/mol. The number of nitrogens with one attached hydrogen (secondary N) is 1. The Labute approximate surface area is 107 Å². The Morgan fingerprint density at radius 2 is 2.11 bits per heavy atom. The van der Waals surface area contributed by atoms with Gasteiger partial charge in [-0.25, -0.2) is 0 Å². The molecule has 1 rings (SSSR count). The number of nitrogens with zero attached hydrogens (tertiary/aromatic N) is 1. The number of anilines is 2. The van der Waals surface area contributed by atoms with E-state index in [1.54, 1.807) is 39.3 Å². The van der Waals surface area contributed by atoms with Crippen LogP contribution >= 0.6 is 0 Å². The Morgan fingerprint density at radius 1 is 1.44 bits per heavy atom. The van der Waals surface area contributed by atoms with E-state index in [0.717, 1.165) is 0 Å². The van der Waals surface area contributed by atoms with Crippen LogP contribution in [0, 0.1) is 0 Å². The minimum Gasteiger partial charge on any atom is -0.497 e. The zero-order valence-electron chi connectivity index (χ0n) is 11.1. The van der Waals surface area contributed by atoms with Gasteiger partial charge < -0.3 is 20.6 Å². The summed E-state index contributed by atoms with van der Waals surface area (Å²) >= 11 is 0. The van der Waals surface area contributed by atoms with Crippen molar-refractivity contribution in [1.29, 1.82) is 0 Å². The fourth-order valence-corrected chi connectivity index (χ4v) is 1.34. The average molecular weight is 253 g/mol. The molecule has 1 unspecified atom stereocenters. The lowest BCUT2D eigenvalue weighted by Gasteiger charge is -2.21. The van der Waals surface area contributed by atoms with E-state index in [9.17, 15) is 4.79 Å². The van der Waals surface area contributed by atoms with Crippen molar-refractivity contribution in [3.63, 3.8) is 0 Å². The first kappa shape index (κ1) is 14.3. The number of likely N-dealkylation sites (N-methyl/N-ethyl adjacent to an activating group) is 1. The molecule has 0 spiro atoms. The number of rotatable bonds is 5. The number of nitrogen functional groups attached to an aromatic ring is 1. The number of carbonyl (C=O) groups is 1. The maximum atomic E-state index is 11.9. The van der Waals surface area contributed by atoms with Crippen LogP contribution in [0.4, 0.5) is 11.4 Å². The van der Waals surface area contributed by atoms with E-state index in [-0.39, 0.29) is 5.91 Å². The summed E-state index contributed by atoms with van der Waals surface area (Å²) in [4.78, 5) is 16.9. The molecule has 3 N–H and O–H groups in total. The highest BCUT2D eigenvalue weighted by molar-refractivity contribution is 5.97. The predicted octanol–water partition coefficient (Wildman–Crippen LogP) is 1.10. The molecule has 100 valence electrons. The van der Waals surface area contributed by atoms with Crippen LogP contribution in [-0.2, 0) is 9.63 Å². The van der Waals surface area contributed by atoms with Crippen molar-refractivity contribution in [1.82, 2.24) is 5.06 Å². The normalized spacial score (nSPS) is 12.3. The fraction of sp³-hybridized carbons (Fsp3) is 0.417. The number of hydrogen-bond donors (Lipinski definition) is 2. The third kappa shape index (κ3) is 3.35. The van der Waals surface area contributed by atoms with Crippen molar-refractivity contribution in [2.24, 2.45) is 0 Å². The first-order chi connectivity index (χ1) is 8.49. The first-order valence-corrected chi connectivity index (χ1v) is 5.51. The Bertz CT molecular complexity index is 423. The molecule has 0 aliphatic carbocycles. The maximum absolute atomic E-state index is 11.9. The largest absolute Gasteiger partial charge is 0.497 e. The molecule has 6 heteroatoms. The number of nitrogens with two attached hydrogens (primary N) is 1. The standard InChI is InChI=1S/C12H19N3O3/c1-8(15(2)18-4)12(16)14-11-6-5-9(17-3)7-10(11)13/h5-8H,13H2,1-4H3,(H,14,16). The van der Waals surface area contributed by atoms with Gasteiger partial charge in [0.25, 0.3) is 0 Å².